The number of hydrogen-bond donors (Lipinski definition) is 1. The lowest BCUT2D eigenvalue weighted by molar-refractivity contribution is 0.00512. The second kappa shape index (κ2) is 6.91. The second-order valence-electron chi connectivity index (χ2n) is 5.61. The molecule has 1 aliphatic heterocycles. The average molecular weight is 272 g/mol. The molecule has 1 N–H and O–H groups in total. The van der Waals surface area contributed by atoms with Crippen molar-refractivity contribution in [3.8, 4) is 0 Å². The van der Waals surface area contributed by atoms with Crippen LogP contribution in [0, 0.1) is 17.8 Å². The van der Waals surface area contributed by atoms with E-state index in [9.17, 15) is 4.79 Å². The van der Waals surface area contributed by atoms with Crippen LogP contribution in [-0.4, -0.2) is 17.2 Å². The van der Waals surface area contributed by atoms with E-state index in [0.717, 1.165) is 23.8 Å². The van der Waals surface area contributed by atoms with E-state index < -0.39 is 12.1 Å². The Morgan fingerprint density at radius 3 is 2.16 bits per heavy atom. The van der Waals surface area contributed by atoms with E-state index in [2.05, 4.69) is 41.9 Å². The summed E-state index contributed by atoms with van der Waals surface area (Å²) in [7, 11) is 0. The van der Waals surface area contributed by atoms with Crippen LogP contribution in [0.2, 0.25) is 0 Å². The number of rotatable bonds is 3. The highest BCUT2D eigenvalue weighted by molar-refractivity contribution is 5.57. The van der Waals surface area contributed by atoms with E-state index in [1.165, 1.54) is 25.7 Å². The minimum atomic E-state index is -1.52. The van der Waals surface area contributed by atoms with E-state index in [0.29, 0.717) is 0 Å². The normalized spacial score (nSPS) is 28.0. The summed E-state index contributed by atoms with van der Waals surface area (Å²) in [6.45, 7) is 10.3. The Balaban J connectivity index is 0.000000191. The Morgan fingerprint density at radius 2 is 1.89 bits per heavy atom. The minimum Gasteiger partial charge on any atom is -0.450 e. The smallest absolute Gasteiger partial charge is 0.450 e. The second-order valence-corrected chi connectivity index (χ2v) is 5.61. The van der Waals surface area contributed by atoms with Gasteiger partial charge in [-0.3, -0.25) is 0 Å². The highest BCUT2D eigenvalue weighted by Gasteiger charge is 2.51. The molecule has 19 heavy (non-hydrogen) atoms. The lowest BCUT2D eigenvalue weighted by atomic mass is 9.78. The zero-order valence-corrected chi connectivity index (χ0v) is 11.9. The van der Waals surface area contributed by atoms with Crippen LogP contribution in [0.25, 0.3) is 0 Å². The molecule has 0 unspecified atom stereocenters. The van der Waals surface area contributed by atoms with E-state index in [1.54, 1.807) is 0 Å². The molecule has 1 heterocycles. The molecule has 0 aromatic carbocycles. The third kappa shape index (κ3) is 5.61. The van der Waals surface area contributed by atoms with E-state index in [1.807, 2.05) is 0 Å². The summed E-state index contributed by atoms with van der Waals surface area (Å²) in [6.07, 6.45) is 5.55. The summed E-state index contributed by atoms with van der Waals surface area (Å²) in [4.78, 5) is 18.1. The fourth-order valence-electron chi connectivity index (χ4n) is 2.26. The monoisotopic (exact) mass is 272 g/mol. The predicted octanol–water partition coefficient (Wildman–Crippen LogP) is 3.95. The third-order valence-electron chi connectivity index (χ3n) is 3.73. The molecular weight excluding hydrogens is 248 g/mol. The number of hydrogen-bond acceptors (Lipinski definition) is 4. The summed E-state index contributed by atoms with van der Waals surface area (Å²) < 4.78 is 4.05. The fraction of sp³-hybridized carbons (Fsp3) is 0.786. The Labute approximate surface area is 114 Å². The van der Waals surface area contributed by atoms with Crippen molar-refractivity contribution in [2.24, 2.45) is 17.8 Å². The van der Waals surface area contributed by atoms with E-state index in [-0.39, 0.29) is 0 Å². The first-order valence-corrected chi connectivity index (χ1v) is 6.81. The van der Waals surface area contributed by atoms with E-state index >= 15 is 0 Å². The largest absolute Gasteiger partial charge is 0.510 e. The Bertz CT molecular complexity index is 301. The van der Waals surface area contributed by atoms with Gasteiger partial charge >= 0.3 is 12.1 Å². The molecule has 0 amide bonds. The summed E-state index contributed by atoms with van der Waals surface area (Å²) in [5, 5.41) is 7.99. The molecule has 0 atom stereocenters. The lowest BCUT2D eigenvalue weighted by Crippen LogP contribution is -2.16. The van der Waals surface area contributed by atoms with Gasteiger partial charge in [0.05, 0.1) is 0 Å². The van der Waals surface area contributed by atoms with Gasteiger partial charge < -0.3 is 9.84 Å². The van der Waals surface area contributed by atoms with Gasteiger partial charge in [-0.05, 0) is 30.6 Å². The topological polar surface area (TPSA) is 71.6 Å². The van der Waals surface area contributed by atoms with Gasteiger partial charge in [-0.25, -0.2) is 4.79 Å². The molecule has 0 spiro atoms. The van der Waals surface area contributed by atoms with Crippen LogP contribution in [0.5, 0.6) is 0 Å². The van der Waals surface area contributed by atoms with Crippen molar-refractivity contribution >= 4 is 6.16 Å². The molecule has 0 aromatic rings. The van der Waals surface area contributed by atoms with Crippen molar-refractivity contribution in [2.75, 3.05) is 0 Å². The van der Waals surface area contributed by atoms with Gasteiger partial charge in [0.1, 0.15) is 0 Å². The molecule has 110 valence electrons. The number of ether oxygens (including phenoxy) is 1. The Kier molecular flexibility index (Phi) is 5.82. The van der Waals surface area contributed by atoms with Crippen LogP contribution in [0.4, 0.5) is 4.79 Å². The van der Waals surface area contributed by atoms with Gasteiger partial charge in [-0.2, -0.15) is 0 Å². The van der Waals surface area contributed by atoms with Crippen LogP contribution in [0.3, 0.4) is 0 Å². The van der Waals surface area contributed by atoms with Gasteiger partial charge in [0.25, 0.3) is 0 Å². The van der Waals surface area contributed by atoms with Crippen molar-refractivity contribution in [3.05, 3.63) is 12.7 Å². The van der Waals surface area contributed by atoms with Crippen molar-refractivity contribution in [1.82, 2.24) is 0 Å². The number of carbonyl (C=O) groups is 1. The standard InChI is InChI=1S/C10H20.C4H4O5/c1-8(2)10-6-4-9(3)5-7-10;1-2-4(8-9-4)7-3(5)6/h8-10H,4-7H2,1-3H3;2H,1H2,(H,5,6). The zero-order chi connectivity index (χ0) is 14.5. The Morgan fingerprint density at radius 1 is 1.37 bits per heavy atom. The summed E-state index contributed by atoms with van der Waals surface area (Å²) in [6, 6.07) is 0. The molecule has 1 aliphatic carbocycles. The average Bonchev–Trinajstić information content (AvgIpc) is 3.10. The molecular formula is C14H24O5. The molecule has 0 bridgehead atoms. The van der Waals surface area contributed by atoms with E-state index in [4.69, 9.17) is 5.11 Å². The molecule has 1 saturated heterocycles. The predicted molar refractivity (Wildman–Crippen MR) is 70.2 cm³/mol. The van der Waals surface area contributed by atoms with Crippen molar-refractivity contribution in [3.63, 3.8) is 0 Å². The first kappa shape index (κ1) is 16.0. The molecule has 1 saturated carbocycles. The van der Waals surface area contributed by atoms with Gasteiger partial charge in [0.15, 0.2) is 0 Å². The fourth-order valence-corrected chi connectivity index (χ4v) is 2.26. The maximum Gasteiger partial charge on any atom is 0.510 e. The summed E-state index contributed by atoms with van der Waals surface area (Å²) >= 11 is 0. The molecule has 2 fully saturated rings. The van der Waals surface area contributed by atoms with Crippen LogP contribution in [-0.2, 0) is 14.5 Å². The highest BCUT2D eigenvalue weighted by atomic mass is 17.5. The van der Waals surface area contributed by atoms with Crippen molar-refractivity contribution in [1.29, 1.82) is 0 Å². The molecule has 5 nitrogen and oxygen atoms in total. The van der Waals surface area contributed by atoms with Crippen LogP contribution in [0.15, 0.2) is 12.7 Å². The van der Waals surface area contributed by atoms with Crippen molar-refractivity contribution in [2.45, 2.75) is 52.4 Å². The van der Waals surface area contributed by atoms with Gasteiger partial charge in [0.2, 0.25) is 0 Å². The maximum atomic E-state index is 9.78. The highest BCUT2D eigenvalue weighted by Crippen LogP contribution is 2.32. The first-order chi connectivity index (χ1) is 8.88. The van der Waals surface area contributed by atoms with Crippen molar-refractivity contribution < 1.29 is 24.4 Å². The maximum absolute atomic E-state index is 9.78. The minimum absolute atomic E-state index is 0.924. The molecule has 0 aromatic heterocycles. The molecule has 2 aliphatic rings. The first-order valence-electron chi connectivity index (χ1n) is 6.81. The molecule has 0 radical (unpaired) electrons. The van der Waals surface area contributed by atoms with Gasteiger partial charge in [-0.1, -0.05) is 40.2 Å². The zero-order valence-electron chi connectivity index (χ0n) is 11.9. The van der Waals surface area contributed by atoms with Crippen LogP contribution >= 0.6 is 0 Å². The molecule has 5 heteroatoms. The van der Waals surface area contributed by atoms with Crippen LogP contribution < -0.4 is 0 Å². The molecule has 2 rings (SSSR count). The van der Waals surface area contributed by atoms with Gasteiger partial charge in [0, 0.05) is 6.08 Å². The summed E-state index contributed by atoms with van der Waals surface area (Å²) in [5.41, 5.74) is 0. The lowest BCUT2D eigenvalue weighted by Gasteiger charge is -2.28. The quantitative estimate of drug-likeness (QED) is 0.364. The van der Waals surface area contributed by atoms with Gasteiger partial charge in [-0.15, -0.1) is 9.78 Å². The third-order valence-corrected chi connectivity index (χ3v) is 3.73. The Hall–Kier alpha value is -1.07. The SMILES string of the molecule is C=CC1(OC(=O)O)OO1.CC1CCC(C(C)C)CC1. The summed E-state index contributed by atoms with van der Waals surface area (Å²) in [5.74, 6) is 1.45. The number of carboxylic acid groups (broad SMARTS) is 1. The van der Waals surface area contributed by atoms with Crippen LogP contribution in [0.1, 0.15) is 46.5 Å².